The molecule has 1 unspecified atom stereocenters. The molecule has 1 atom stereocenters. The molecule has 0 aromatic carbocycles. The average molecular weight is 164 g/mol. The first-order chi connectivity index (χ1) is 4.27. The molecule has 1 rings (SSSR count). The van der Waals surface area contributed by atoms with Crippen molar-refractivity contribution in [2.45, 2.75) is 18.4 Å². The topological polar surface area (TPSA) is 35.2 Å². The summed E-state index contributed by atoms with van der Waals surface area (Å²) in [6, 6.07) is 0. The Hall–Kier alpha value is -0.0500. The van der Waals surface area contributed by atoms with E-state index in [1.165, 1.54) is 0 Å². The predicted molar refractivity (Wildman–Crippen MR) is 44.4 cm³/mol. The van der Waals surface area contributed by atoms with Gasteiger partial charge in [-0.1, -0.05) is 6.08 Å². The van der Waals surface area contributed by atoms with Gasteiger partial charge in [-0.3, -0.25) is 0 Å². The van der Waals surface area contributed by atoms with E-state index in [1.807, 2.05) is 6.08 Å². The van der Waals surface area contributed by atoms with E-state index in [-0.39, 0.29) is 17.9 Å². The Morgan fingerprint density at radius 1 is 1.70 bits per heavy atom. The maximum absolute atomic E-state index is 5.87. The smallest absolute Gasteiger partial charge is 0.0650 e. The fourth-order valence-electron chi connectivity index (χ4n) is 1.07. The van der Waals surface area contributed by atoms with Crippen molar-refractivity contribution in [3.8, 4) is 0 Å². The van der Waals surface area contributed by atoms with Crippen molar-refractivity contribution in [1.29, 1.82) is 0 Å². The van der Waals surface area contributed by atoms with Gasteiger partial charge in [-0.05, 0) is 12.8 Å². The lowest BCUT2D eigenvalue weighted by molar-refractivity contribution is 0.178. The monoisotopic (exact) mass is 163 g/mol. The summed E-state index contributed by atoms with van der Waals surface area (Å²) in [6.45, 7) is 5.14. The minimum Gasteiger partial charge on any atom is -0.379 e. The van der Waals surface area contributed by atoms with E-state index in [1.54, 1.807) is 0 Å². The SMILES string of the molecule is C=CCC1(N)CCOC1.Cl. The molecule has 1 heterocycles. The second-order valence-electron chi connectivity index (χ2n) is 2.66. The molecule has 0 saturated carbocycles. The van der Waals surface area contributed by atoms with Gasteiger partial charge in [0.25, 0.3) is 0 Å². The molecule has 1 saturated heterocycles. The van der Waals surface area contributed by atoms with Crippen molar-refractivity contribution in [3.05, 3.63) is 12.7 Å². The second-order valence-corrected chi connectivity index (χ2v) is 2.66. The number of nitrogens with two attached hydrogens (primary N) is 1. The highest BCUT2D eigenvalue weighted by Crippen LogP contribution is 2.18. The van der Waals surface area contributed by atoms with E-state index >= 15 is 0 Å². The van der Waals surface area contributed by atoms with Gasteiger partial charge in [0.05, 0.1) is 6.61 Å². The summed E-state index contributed by atoms with van der Waals surface area (Å²) in [6.07, 6.45) is 3.70. The summed E-state index contributed by atoms with van der Waals surface area (Å²) < 4.78 is 5.14. The maximum atomic E-state index is 5.87. The number of hydrogen-bond donors (Lipinski definition) is 1. The summed E-state index contributed by atoms with van der Waals surface area (Å²) in [4.78, 5) is 0. The molecular weight excluding hydrogens is 150 g/mol. The van der Waals surface area contributed by atoms with Crippen LogP contribution in [0.25, 0.3) is 0 Å². The Labute approximate surface area is 67.8 Å². The Kier molecular flexibility index (Phi) is 3.94. The van der Waals surface area contributed by atoms with Gasteiger partial charge in [0.15, 0.2) is 0 Å². The zero-order chi connectivity index (χ0) is 6.74. The van der Waals surface area contributed by atoms with E-state index in [4.69, 9.17) is 10.5 Å². The normalized spacial score (nSPS) is 31.3. The molecule has 3 heteroatoms. The lowest BCUT2D eigenvalue weighted by Crippen LogP contribution is -2.39. The first-order valence-corrected chi connectivity index (χ1v) is 3.24. The first kappa shape index (κ1) is 9.95. The van der Waals surface area contributed by atoms with Crippen molar-refractivity contribution < 1.29 is 4.74 Å². The third kappa shape index (κ3) is 2.29. The van der Waals surface area contributed by atoms with Crippen LogP contribution in [0.5, 0.6) is 0 Å². The van der Waals surface area contributed by atoms with Crippen LogP contribution in [0.15, 0.2) is 12.7 Å². The number of ether oxygens (including phenoxy) is 1. The van der Waals surface area contributed by atoms with Gasteiger partial charge in [-0.25, -0.2) is 0 Å². The van der Waals surface area contributed by atoms with Crippen LogP contribution in [0, 0.1) is 0 Å². The van der Waals surface area contributed by atoms with Crippen molar-refractivity contribution >= 4 is 12.4 Å². The van der Waals surface area contributed by atoms with Gasteiger partial charge in [-0.15, -0.1) is 19.0 Å². The highest BCUT2D eigenvalue weighted by molar-refractivity contribution is 5.85. The Morgan fingerprint density at radius 3 is 2.80 bits per heavy atom. The van der Waals surface area contributed by atoms with Crippen LogP contribution < -0.4 is 5.73 Å². The summed E-state index contributed by atoms with van der Waals surface area (Å²) >= 11 is 0. The molecular formula is C7H14ClNO. The van der Waals surface area contributed by atoms with E-state index < -0.39 is 0 Å². The minimum absolute atomic E-state index is 0. The number of halogens is 1. The van der Waals surface area contributed by atoms with E-state index in [2.05, 4.69) is 6.58 Å². The molecule has 0 aromatic heterocycles. The molecule has 0 spiro atoms. The van der Waals surface area contributed by atoms with Crippen LogP contribution in [0.4, 0.5) is 0 Å². The largest absolute Gasteiger partial charge is 0.379 e. The van der Waals surface area contributed by atoms with Crippen LogP contribution in [0.2, 0.25) is 0 Å². The quantitative estimate of drug-likeness (QED) is 0.619. The van der Waals surface area contributed by atoms with Gasteiger partial charge in [-0.2, -0.15) is 0 Å². The molecule has 0 aromatic rings. The number of rotatable bonds is 2. The highest BCUT2D eigenvalue weighted by atomic mass is 35.5. The fourth-order valence-corrected chi connectivity index (χ4v) is 1.07. The average Bonchev–Trinajstić information content (AvgIpc) is 2.16. The first-order valence-electron chi connectivity index (χ1n) is 3.24. The van der Waals surface area contributed by atoms with Crippen molar-refractivity contribution in [2.75, 3.05) is 13.2 Å². The van der Waals surface area contributed by atoms with Crippen molar-refractivity contribution in [3.63, 3.8) is 0 Å². The molecule has 1 fully saturated rings. The van der Waals surface area contributed by atoms with Gasteiger partial charge in [0.2, 0.25) is 0 Å². The van der Waals surface area contributed by atoms with E-state index in [9.17, 15) is 0 Å². The zero-order valence-electron chi connectivity index (χ0n) is 6.01. The molecule has 1 aliphatic heterocycles. The molecule has 10 heavy (non-hydrogen) atoms. The Morgan fingerprint density at radius 2 is 2.40 bits per heavy atom. The lowest BCUT2D eigenvalue weighted by atomic mass is 9.96. The molecule has 0 aliphatic carbocycles. The summed E-state index contributed by atoms with van der Waals surface area (Å²) in [5, 5.41) is 0. The van der Waals surface area contributed by atoms with Crippen molar-refractivity contribution in [1.82, 2.24) is 0 Å². The Balaban J connectivity index is 0.000000810. The van der Waals surface area contributed by atoms with E-state index in [0.29, 0.717) is 6.61 Å². The van der Waals surface area contributed by atoms with Crippen molar-refractivity contribution in [2.24, 2.45) is 5.73 Å². The molecule has 0 amide bonds. The molecule has 60 valence electrons. The van der Waals surface area contributed by atoms with Crippen LogP contribution in [0.3, 0.4) is 0 Å². The lowest BCUT2D eigenvalue weighted by Gasteiger charge is -2.18. The summed E-state index contributed by atoms with van der Waals surface area (Å²) in [7, 11) is 0. The van der Waals surface area contributed by atoms with Gasteiger partial charge in [0.1, 0.15) is 0 Å². The van der Waals surface area contributed by atoms with Gasteiger partial charge >= 0.3 is 0 Å². The summed E-state index contributed by atoms with van der Waals surface area (Å²) in [5.41, 5.74) is 5.78. The van der Waals surface area contributed by atoms with E-state index in [0.717, 1.165) is 19.4 Å². The predicted octanol–water partition coefficient (Wildman–Crippen LogP) is 1.10. The molecule has 0 bridgehead atoms. The Bertz CT molecular complexity index is 110. The molecule has 2 N–H and O–H groups in total. The molecule has 0 radical (unpaired) electrons. The van der Waals surface area contributed by atoms with Crippen LogP contribution in [0.1, 0.15) is 12.8 Å². The third-order valence-electron chi connectivity index (χ3n) is 1.68. The third-order valence-corrected chi connectivity index (χ3v) is 1.68. The van der Waals surface area contributed by atoms with Crippen LogP contribution in [-0.4, -0.2) is 18.8 Å². The van der Waals surface area contributed by atoms with Gasteiger partial charge in [0, 0.05) is 12.1 Å². The zero-order valence-corrected chi connectivity index (χ0v) is 6.82. The van der Waals surface area contributed by atoms with Gasteiger partial charge < -0.3 is 10.5 Å². The van der Waals surface area contributed by atoms with Crippen LogP contribution >= 0.6 is 12.4 Å². The maximum Gasteiger partial charge on any atom is 0.0650 e. The summed E-state index contributed by atoms with van der Waals surface area (Å²) in [5.74, 6) is 0. The highest BCUT2D eigenvalue weighted by Gasteiger charge is 2.28. The number of hydrogen-bond acceptors (Lipinski definition) is 2. The minimum atomic E-state index is -0.0955. The standard InChI is InChI=1S/C7H13NO.ClH/c1-2-3-7(8)4-5-9-6-7;/h2H,1,3-6,8H2;1H. The molecule has 2 nitrogen and oxygen atoms in total. The second kappa shape index (κ2) is 3.96. The van der Waals surface area contributed by atoms with Crippen LogP contribution in [-0.2, 0) is 4.74 Å². The fraction of sp³-hybridized carbons (Fsp3) is 0.714. The molecule has 1 aliphatic rings.